The van der Waals surface area contributed by atoms with Gasteiger partial charge in [0.1, 0.15) is 11.6 Å². The predicted octanol–water partition coefficient (Wildman–Crippen LogP) is 2.28. The Balaban J connectivity index is 2.03. The summed E-state index contributed by atoms with van der Waals surface area (Å²) < 4.78 is 27.6. The van der Waals surface area contributed by atoms with Crippen LogP contribution in [-0.2, 0) is 4.79 Å². The third kappa shape index (κ3) is 4.08. The summed E-state index contributed by atoms with van der Waals surface area (Å²) in [6.07, 6.45) is 1.23. The Hall–Kier alpha value is -2.02. The molecule has 24 heavy (non-hydrogen) atoms. The molecule has 0 saturated carbocycles. The Morgan fingerprint density at radius 3 is 2.42 bits per heavy atom. The number of piperidine rings is 1. The highest BCUT2D eigenvalue weighted by molar-refractivity contribution is 5.94. The number of rotatable bonds is 5. The van der Waals surface area contributed by atoms with Crippen LogP contribution < -0.4 is 0 Å². The molecular formula is C17H22F2N2O3. The Morgan fingerprint density at radius 1 is 1.25 bits per heavy atom. The highest BCUT2D eigenvalue weighted by Gasteiger charge is 2.29. The molecule has 0 radical (unpaired) electrons. The molecule has 1 N–H and O–H groups in total. The number of likely N-dealkylation sites (tertiary alicyclic amines) is 1. The van der Waals surface area contributed by atoms with E-state index in [1.807, 2.05) is 11.8 Å². The van der Waals surface area contributed by atoms with Crippen molar-refractivity contribution in [3.05, 3.63) is 34.9 Å². The number of halogens is 2. The molecule has 1 aliphatic rings. The summed E-state index contributed by atoms with van der Waals surface area (Å²) in [5.41, 5.74) is -0.0931. The first kappa shape index (κ1) is 18.3. The summed E-state index contributed by atoms with van der Waals surface area (Å²) in [5.74, 6) is -2.73. The van der Waals surface area contributed by atoms with Crippen LogP contribution in [-0.4, -0.2) is 59.0 Å². The number of nitrogens with zero attached hydrogens (tertiary/aromatic N) is 2. The van der Waals surface area contributed by atoms with E-state index in [1.54, 1.807) is 0 Å². The van der Waals surface area contributed by atoms with Crippen molar-refractivity contribution in [1.82, 2.24) is 9.80 Å². The van der Waals surface area contributed by atoms with Gasteiger partial charge in [-0.3, -0.25) is 14.5 Å². The SMILES string of the molecule is CCN(CC(=O)O)C1CCN(C(=O)c2cc(F)c(C)cc2F)CC1. The number of benzene rings is 1. The summed E-state index contributed by atoms with van der Waals surface area (Å²) in [6.45, 7) is 4.71. The molecule has 0 bridgehead atoms. The van der Waals surface area contributed by atoms with E-state index < -0.39 is 23.5 Å². The van der Waals surface area contributed by atoms with Crippen molar-refractivity contribution in [3.8, 4) is 0 Å². The molecule has 1 fully saturated rings. The van der Waals surface area contributed by atoms with Crippen molar-refractivity contribution in [3.63, 3.8) is 0 Å². The van der Waals surface area contributed by atoms with E-state index in [1.165, 1.54) is 11.8 Å². The highest BCUT2D eigenvalue weighted by atomic mass is 19.1. The smallest absolute Gasteiger partial charge is 0.317 e. The minimum absolute atomic E-state index is 0.0348. The number of hydrogen-bond acceptors (Lipinski definition) is 3. The van der Waals surface area contributed by atoms with Gasteiger partial charge in [0.2, 0.25) is 0 Å². The fourth-order valence-electron chi connectivity index (χ4n) is 3.09. The molecule has 5 nitrogen and oxygen atoms in total. The fourth-order valence-corrected chi connectivity index (χ4v) is 3.09. The molecular weight excluding hydrogens is 318 g/mol. The van der Waals surface area contributed by atoms with E-state index in [-0.39, 0.29) is 23.7 Å². The zero-order valence-electron chi connectivity index (χ0n) is 13.9. The molecule has 1 heterocycles. The van der Waals surface area contributed by atoms with Gasteiger partial charge >= 0.3 is 5.97 Å². The first-order valence-corrected chi connectivity index (χ1v) is 8.04. The van der Waals surface area contributed by atoms with E-state index in [0.717, 1.165) is 12.1 Å². The number of hydrogen-bond donors (Lipinski definition) is 1. The second-order valence-electron chi connectivity index (χ2n) is 6.06. The van der Waals surface area contributed by atoms with E-state index in [9.17, 15) is 18.4 Å². The lowest BCUT2D eigenvalue weighted by molar-refractivity contribution is -0.139. The van der Waals surface area contributed by atoms with Crippen molar-refractivity contribution in [2.24, 2.45) is 0 Å². The minimum atomic E-state index is -0.882. The van der Waals surface area contributed by atoms with Gasteiger partial charge in [-0.05, 0) is 44.0 Å². The van der Waals surface area contributed by atoms with Crippen LogP contribution in [0.25, 0.3) is 0 Å². The number of carbonyl (C=O) groups is 2. The average Bonchev–Trinajstić information content (AvgIpc) is 2.55. The zero-order valence-corrected chi connectivity index (χ0v) is 13.9. The predicted molar refractivity (Wildman–Crippen MR) is 84.9 cm³/mol. The first-order valence-electron chi connectivity index (χ1n) is 8.04. The second-order valence-corrected chi connectivity index (χ2v) is 6.06. The zero-order chi connectivity index (χ0) is 17.9. The topological polar surface area (TPSA) is 60.9 Å². The first-order chi connectivity index (χ1) is 11.3. The monoisotopic (exact) mass is 340 g/mol. The molecule has 0 unspecified atom stereocenters. The Morgan fingerprint density at radius 2 is 1.88 bits per heavy atom. The van der Waals surface area contributed by atoms with E-state index >= 15 is 0 Å². The van der Waals surface area contributed by atoms with Gasteiger partial charge in [0.05, 0.1) is 12.1 Å². The van der Waals surface area contributed by atoms with Crippen molar-refractivity contribution >= 4 is 11.9 Å². The van der Waals surface area contributed by atoms with Gasteiger partial charge in [0.25, 0.3) is 5.91 Å². The molecule has 0 aliphatic carbocycles. The Bertz CT molecular complexity index is 629. The van der Waals surface area contributed by atoms with Crippen LogP contribution in [0.5, 0.6) is 0 Å². The molecule has 1 aromatic rings. The third-order valence-electron chi connectivity index (χ3n) is 4.49. The van der Waals surface area contributed by atoms with Crippen molar-refractivity contribution in [2.75, 3.05) is 26.2 Å². The van der Waals surface area contributed by atoms with Gasteiger partial charge in [0, 0.05) is 19.1 Å². The molecule has 1 saturated heterocycles. The number of amides is 1. The molecule has 2 rings (SSSR count). The van der Waals surface area contributed by atoms with Crippen molar-refractivity contribution < 1.29 is 23.5 Å². The van der Waals surface area contributed by atoms with Gasteiger partial charge in [-0.2, -0.15) is 0 Å². The van der Waals surface area contributed by atoms with Crippen LogP contribution in [0.15, 0.2) is 12.1 Å². The quantitative estimate of drug-likeness (QED) is 0.893. The minimum Gasteiger partial charge on any atom is -0.480 e. The van der Waals surface area contributed by atoms with Gasteiger partial charge in [-0.25, -0.2) is 8.78 Å². The maximum absolute atomic E-state index is 14.0. The Kier molecular flexibility index (Phi) is 5.88. The lowest BCUT2D eigenvalue weighted by Crippen LogP contribution is -2.48. The van der Waals surface area contributed by atoms with Crippen molar-refractivity contribution in [2.45, 2.75) is 32.7 Å². The van der Waals surface area contributed by atoms with Crippen LogP contribution in [0.4, 0.5) is 8.78 Å². The van der Waals surface area contributed by atoms with E-state index in [4.69, 9.17) is 5.11 Å². The number of aliphatic carboxylic acids is 1. The van der Waals surface area contributed by atoms with Crippen molar-refractivity contribution in [1.29, 1.82) is 0 Å². The number of carboxylic acids is 1. The molecule has 132 valence electrons. The van der Waals surface area contributed by atoms with Crippen LogP contribution in [0.1, 0.15) is 35.7 Å². The number of carbonyl (C=O) groups excluding carboxylic acids is 1. The number of likely N-dealkylation sites (N-methyl/N-ethyl adjacent to an activating group) is 1. The maximum Gasteiger partial charge on any atom is 0.317 e. The standard InChI is InChI=1S/C17H22F2N2O3/c1-3-20(10-16(22)23)12-4-6-21(7-5-12)17(24)13-9-14(18)11(2)8-15(13)19/h8-9,12H,3-7,10H2,1-2H3,(H,22,23). The molecule has 0 aromatic heterocycles. The van der Waals surface area contributed by atoms with E-state index in [0.29, 0.717) is 32.5 Å². The van der Waals surface area contributed by atoms with Crippen LogP contribution in [0.2, 0.25) is 0 Å². The van der Waals surface area contributed by atoms with Gasteiger partial charge in [-0.15, -0.1) is 0 Å². The lowest BCUT2D eigenvalue weighted by Gasteiger charge is -2.37. The normalized spacial score (nSPS) is 15.8. The lowest BCUT2D eigenvalue weighted by atomic mass is 10.0. The summed E-state index contributed by atoms with van der Waals surface area (Å²) in [7, 11) is 0. The largest absolute Gasteiger partial charge is 0.480 e. The second kappa shape index (κ2) is 7.70. The molecule has 1 amide bonds. The molecule has 0 spiro atoms. The number of carboxylic acid groups (broad SMARTS) is 1. The molecule has 1 aromatic carbocycles. The fraction of sp³-hybridized carbons (Fsp3) is 0.529. The average molecular weight is 340 g/mol. The maximum atomic E-state index is 14.0. The van der Waals surface area contributed by atoms with Gasteiger partial charge < -0.3 is 10.0 Å². The van der Waals surface area contributed by atoms with Crippen LogP contribution in [0, 0.1) is 18.6 Å². The van der Waals surface area contributed by atoms with Crippen LogP contribution in [0.3, 0.4) is 0 Å². The van der Waals surface area contributed by atoms with Gasteiger partial charge in [0.15, 0.2) is 0 Å². The summed E-state index contributed by atoms with van der Waals surface area (Å²) in [4.78, 5) is 26.7. The number of aryl methyl sites for hydroxylation is 1. The highest BCUT2D eigenvalue weighted by Crippen LogP contribution is 2.21. The van der Waals surface area contributed by atoms with Gasteiger partial charge in [-0.1, -0.05) is 6.92 Å². The summed E-state index contributed by atoms with van der Waals surface area (Å²) in [5, 5.41) is 8.93. The van der Waals surface area contributed by atoms with Crippen LogP contribution >= 0.6 is 0 Å². The summed E-state index contributed by atoms with van der Waals surface area (Å²) in [6, 6.07) is 2.05. The Labute approximate surface area is 139 Å². The molecule has 1 aliphatic heterocycles. The van der Waals surface area contributed by atoms with E-state index in [2.05, 4.69) is 0 Å². The summed E-state index contributed by atoms with van der Waals surface area (Å²) >= 11 is 0. The molecule has 7 heteroatoms. The molecule has 0 atom stereocenters. The third-order valence-corrected chi connectivity index (χ3v) is 4.49.